The van der Waals surface area contributed by atoms with Crippen molar-refractivity contribution in [2.24, 2.45) is 0 Å². The summed E-state index contributed by atoms with van der Waals surface area (Å²) in [6.07, 6.45) is -0.199. The summed E-state index contributed by atoms with van der Waals surface area (Å²) in [5.41, 5.74) is 6.48. The number of hydrogen-bond acceptors (Lipinski definition) is 7. The number of halogens is 4. The molecule has 10 nitrogen and oxygen atoms in total. The van der Waals surface area contributed by atoms with E-state index in [4.69, 9.17) is 15.5 Å². The minimum Gasteiger partial charge on any atom is -0.390 e. The number of aliphatic hydroxyl groups is 1. The predicted octanol–water partition coefficient (Wildman–Crippen LogP) is 4.16. The maximum absolute atomic E-state index is 15.2. The number of phosphoric ester groups is 1. The Bertz CT molecular complexity index is 1440. The molecule has 1 aromatic heterocycles. The Kier molecular flexibility index (Phi) is 9.47. The van der Waals surface area contributed by atoms with Crippen LogP contribution in [-0.4, -0.2) is 49.7 Å². The quantitative estimate of drug-likeness (QED) is 0.172. The number of anilines is 1. The average Bonchev–Trinajstić information content (AvgIpc) is 2.87. The first-order chi connectivity index (χ1) is 18.8. The summed E-state index contributed by atoms with van der Waals surface area (Å²) in [6, 6.07) is 6.09. The number of nitrogens with two attached hydrogens (primary N) is 1. The van der Waals surface area contributed by atoms with E-state index in [0.29, 0.717) is 15.7 Å². The van der Waals surface area contributed by atoms with Crippen molar-refractivity contribution < 1.29 is 41.9 Å². The first-order valence-corrected chi connectivity index (χ1v) is 14.6. The first kappa shape index (κ1) is 30.3. The third-order valence-corrected chi connectivity index (χ3v) is 7.57. The fourth-order valence-electron chi connectivity index (χ4n) is 4.44. The van der Waals surface area contributed by atoms with Crippen molar-refractivity contribution in [1.29, 1.82) is 0 Å². The van der Waals surface area contributed by atoms with Gasteiger partial charge in [0, 0.05) is 15.1 Å². The Morgan fingerprint density at radius 1 is 1.23 bits per heavy atom. The fraction of sp³-hybridized carbons (Fsp3) is 0.320. The highest BCUT2D eigenvalue weighted by molar-refractivity contribution is 14.1. The molecule has 1 amide bonds. The SMILES string of the molecule is Nc1ncc([C@H]2CC[C@H](O)[C@@H](F)C2)nc1-c1ccc(C(=O)NC(COP(=O)(O)O)c2cc(F)cc(I)c2)c(F)c1. The van der Waals surface area contributed by atoms with E-state index in [1.54, 1.807) is 0 Å². The molecule has 1 aliphatic carbocycles. The van der Waals surface area contributed by atoms with E-state index in [2.05, 4.69) is 19.8 Å². The van der Waals surface area contributed by atoms with Crippen LogP contribution >= 0.6 is 30.4 Å². The van der Waals surface area contributed by atoms with Crippen LogP contribution in [0, 0.1) is 15.2 Å². The minimum absolute atomic E-state index is 0.0108. The predicted molar refractivity (Wildman–Crippen MR) is 147 cm³/mol. The van der Waals surface area contributed by atoms with Crippen LogP contribution in [0.15, 0.2) is 42.6 Å². The number of nitrogens with zero attached hydrogens (tertiary/aromatic N) is 2. The number of nitrogens with one attached hydrogen (secondary N) is 1. The van der Waals surface area contributed by atoms with E-state index < -0.39 is 55.9 Å². The molecule has 1 heterocycles. The lowest BCUT2D eigenvalue weighted by Gasteiger charge is -2.28. The van der Waals surface area contributed by atoms with Crippen molar-refractivity contribution >= 4 is 42.1 Å². The molecule has 40 heavy (non-hydrogen) atoms. The standard InChI is InChI=1S/C25H25F3IN4O6P/c26-15-5-14(6-16(29)9-15)21(11-39-40(36,37)38)33-25(35)17-3-1-13(8-18(17)27)23-24(30)31-10-20(32-23)12-2-4-22(34)19(28)7-12/h1,3,5-6,8-10,12,19,21-22,34H,2,4,7,11H2,(H2,30,31)(H,33,35)(H2,36,37,38)/t12-,19-,21?,22-/m0/s1. The van der Waals surface area contributed by atoms with Crippen LogP contribution in [0.4, 0.5) is 19.0 Å². The van der Waals surface area contributed by atoms with Crippen LogP contribution in [0.1, 0.15) is 52.8 Å². The van der Waals surface area contributed by atoms with Gasteiger partial charge < -0.3 is 25.9 Å². The number of amides is 1. The molecule has 4 rings (SSSR count). The number of carbonyl (C=O) groups excluding carboxylic acids is 1. The molecule has 1 aliphatic rings. The van der Waals surface area contributed by atoms with Crippen LogP contribution in [0.5, 0.6) is 0 Å². The van der Waals surface area contributed by atoms with Crippen LogP contribution in [0.2, 0.25) is 0 Å². The lowest BCUT2D eigenvalue weighted by molar-refractivity contribution is 0.0363. The van der Waals surface area contributed by atoms with Gasteiger partial charge >= 0.3 is 7.82 Å². The summed E-state index contributed by atoms with van der Waals surface area (Å²) in [5.74, 6) is -2.89. The summed E-state index contributed by atoms with van der Waals surface area (Å²) in [5, 5.41) is 12.1. The lowest BCUT2D eigenvalue weighted by Crippen LogP contribution is -2.32. The Morgan fingerprint density at radius 3 is 2.62 bits per heavy atom. The number of aromatic nitrogens is 2. The van der Waals surface area contributed by atoms with E-state index in [1.807, 2.05) is 22.6 Å². The summed E-state index contributed by atoms with van der Waals surface area (Å²) in [7, 11) is -4.93. The second kappa shape index (κ2) is 12.5. The lowest BCUT2D eigenvalue weighted by atomic mass is 9.84. The highest BCUT2D eigenvalue weighted by atomic mass is 127. The van der Waals surface area contributed by atoms with Gasteiger partial charge in [-0.25, -0.2) is 27.7 Å². The molecule has 15 heteroatoms. The topological polar surface area (TPSA) is 168 Å². The molecule has 1 saturated carbocycles. The fourth-order valence-corrected chi connectivity index (χ4v) is 5.44. The zero-order valence-corrected chi connectivity index (χ0v) is 23.7. The van der Waals surface area contributed by atoms with Gasteiger partial charge in [0.05, 0.1) is 36.2 Å². The Hall–Kier alpha value is -2.62. The molecule has 0 saturated heterocycles. The zero-order chi connectivity index (χ0) is 29.2. The third kappa shape index (κ3) is 7.56. The third-order valence-electron chi connectivity index (χ3n) is 6.46. The summed E-state index contributed by atoms with van der Waals surface area (Å²) in [6.45, 7) is -0.716. The second-order valence-electron chi connectivity index (χ2n) is 9.33. The van der Waals surface area contributed by atoms with Crippen LogP contribution in [0.25, 0.3) is 11.3 Å². The summed E-state index contributed by atoms with van der Waals surface area (Å²) < 4.78 is 59.4. The van der Waals surface area contributed by atoms with Crippen molar-refractivity contribution in [2.75, 3.05) is 12.3 Å². The monoisotopic (exact) mass is 692 g/mol. The molecule has 0 radical (unpaired) electrons. The number of nitrogen functional groups attached to an aromatic ring is 1. The maximum atomic E-state index is 15.2. The van der Waals surface area contributed by atoms with Gasteiger partial charge in [0.25, 0.3) is 5.91 Å². The van der Waals surface area contributed by atoms with Crippen LogP contribution in [0.3, 0.4) is 0 Å². The number of hydrogen-bond donors (Lipinski definition) is 5. The molecule has 6 N–H and O–H groups in total. The molecule has 4 atom stereocenters. The zero-order valence-electron chi connectivity index (χ0n) is 20.7. The number of rotatable bonds is 8. The van der Waals surface area contributed by atoms with Gasteiger partial charge in [-0.15, -0.1) is 0 Å². The Morgan fingerprint density at radius 2 is 1.98 bits per heavy atom. The number of phosphoric acid groups is 1. The highest BCUT2D eigenvalue weighted by Gasteiger charge is 2.31. The van der Waals surface area contributed by atoms with Crippen molar-refractivity contribution in [3.05, 3.63) is 74.6 Å². The van der Waals surface area contributed by atoms with Crippen molar-refractivity contribution in [2.45, 2.75) is 43.5 Å². The van der Waals surface area contributed by atoms with Gasteiger partial charge in [-0.2, -0.15) is 0 Å². The number of benzene rings is 2. The number of alkyl halides is 1. The van der Waals surface area contributed by atoms with Gasteiger partial charge in [0.2, 0.25) is 0 Å². The van der Waals surface area contributed by atoms with Crippen LogP contribution in [-0.2, 0) is 9.09 Å². The second-order valence-corrected chi connectivity index (χ2v) is 11.8. The molecule has 0 aliphatic heterocycles. The van der Waals surface area contributed by atoms with E-state index in [0.717, 1.165) is 12.1 Å². The Balaban J connectivity index is 1.58. The summed E-state index contributed by atoms with van der Waals surface area (Å²) in [4.78, 5) is 39.7. The largest absolute Gasteiger partial charge is 0.469 e. The van der Waals surface area contributed by atoms with Gasteiger partial charge in [-0.3, -0.25) is 9.32 Å². The first-order valence-electron chi connectivity index (χ1n) is 12.0. The van der Waals surface area contributed by atoms with E-state index in [-0.39, 0.29) is 41.4 Å². The van der Waals surface area contributed by atoms with Gasteiger partial charge in [-0.05, 0) is 77.7 Å². The molecule has 3 aromatic rings. The van der Waals surface area contributed by atoms with Gasteiger partial charge in [0.1, 0.15) is 29.3 Å². The Labute approximate surface area is 240 Å². The van der Waals surface area contributed by atoms with Crippen molar-refractivity contribution in [3.8, 4) is 11.3 Å². The molecule has 1 fully saturated rings. The van der Waals surface area contributed by atoms with Crippen molar-refractivity contribution in [1.82, 2.24) is 15.3 Å². The van der Waals surface area contributed by atoms with E-state index >= 15 is 4.39 Å². The molecular weight excluding hydrogens is 667 g/mol. The van der Waals surface area contributed by atoms with Crippen molar-refractivity contribution in [3.63, 3.8) is 0 Å². The smallest absolute Gasteiger partial charge is 0.390 e. The van der Waals surface area contributed by atoms with Gasteiger partial charge in [-0.1, -0.05) is 6.07 Å². The van der Waals surface area contributed by atoms with E-state index in [9.17, 15) is 23.2 Å². The summed E-state index contributed by atoms with van der Waals surface area (Å²) >= 11 is 1.83. The average molecular weight is 692 g/mol. The minimum atomic E-state index is -4.93. The van der Waals surface area contributed by atoms with Gasteiger partial charge in [0.15, 0.2) is 0 Å². The number of aliphatic hydroxyl groups excluding tert-OH is 1. The molecule has 214 valence electrons. The molecule has 0 bridgehead atoms. The molecule has 1 unspecified atom stereocenters. The normalized spacial score (nSPS) is 20.2. The molecular formula is C25H25F3IN4O6P. The molecule has 0 spiro atoms. The van der Waals surface area contributed by atoms with Crippen LogP contribution < -0.4 is 11.1 Å². The molecule has 2 aromatic carbocycles. The van der Waals surface area contributed by atoms with E-state index in [1.165, 1.54) is 30.5 Å². The maximum Gasteiger partial charge on any atom is 0.469 e. The number of carbonyl (C=O) groups is 1. The highest BCUT2D eigenvalue weighted by Crippen LogP contribution is 2.38.